The van der Waals surface area contributed by atoms with E-state index in [0.29, 0.717) is 0 Å². The number of benzene rings is 8. The zero-order valence-corrected chi connectivity index (χ0v) is 30.5. The summed E-state index contributed by atoms with van der Waals surface area (Å²) in [6, 6.07) is 61.2. The van der Waals surface area contributed by atoms with E-state index in [-0.39, 0.29) is 5.41 Å². The van der Waals surface area contributed by atoms with Crippen molar-refractivity contribution in [3.8, 4) is 33.4 Å². The van der Waals surface area contributed by atoms with Crippen LogP contribution in [0.3, 0.4) is 0 Å². The van der Waals surface area contributed by atoms with Crippen molar-refractivity contribution in [2.45, 2.75) is 19.3 Å². The number of hydrogen-bond acceptors (Lipinski definition) is 2. The molecule has 0 fully saturated rings. The highest BCUT2D eigenvalue weighted by Crippen LogP contribution is 2.52. The maximum atomic E-state index is 7.07. The van der Waals surface area contributed by atoms with Crippen LogP contribution < -0.4 is 4.90 Å². The summed E-state index contributed by atoms with van der Waals surface area (Å²) in [6.45, 7) is 4.67. The maximum Gasteiger partial charge on any atom is 0.159 e. The highest BCUT2D eigenvalue weighted by Gasteiger charge is 2.36. The first-order valence-corrected chi connectivity index (χ1v) is 18.6. The Balaban J connectivity index is 1.25. The lowest BCUT2D eigenvalue weighted by atomic mass is 9.82. The van der Waals surface area contributed by atoms with Gasteiger partial charge in [-0.25, -0.2) is 0 Å². The summed E-state index contributed by atoms with van der Waals surface area (Å²) in [5.41, 5.74) is 14.7. The summed E-state index contributed by atoms with van der Waals surface area (Å²) < 4.78 is 8.09. The first kappa shape index (κ1) is 30.9. The normalized spacial score (nSPS) is 13.1. The Labute approximate surface area is 311 Å². The Morgan fingerprint density at radius 3 is 2.02 bits per heavy atom. The number of nitrogens with zero attached hydrogens (tertiary/aromatic N) is 1. The predicted octanol–water partition coefficient (Wildman–Crippen LogP) is 14.6. The molecule has 0 radical (unpaired) electrons. The van der Waals surface area contributed by atoms with Crippen LogP contribution in [-0.2, 0) is 5.41 Å². The first-order chi connectivity index (χ1) is 25.5. The standard InChI is InChI=1S/C49H34BrNO/c1-49(2)41-20-10-9-18-38(41)40-30-35(24-27-42(40)49)51(44-21-11-17-34-29-33(23-25-36(34)44)31-13-5-3-6-14-31)45-22-12-19-39-46-43(50)28-26-37(48(46)52-47(39)45)32-15-7-4-8-16-32/h3-30H,1-2H3. The molecular weight excluding hydrogens is 698 g/mol. The van der Waals surface area contributed by atoms with Gasteiger partial charge in [0.15, 0.2) is 5.58 Å². The van der Waals surface area contributed by atoms with E-state index in [9.17, 15) is 0 Å². The Morgan fingerprint density at radius 1 is 0.481 bits per heavy atom. The van der Waals surface area contributed by atoms with Crippen LogP contribution in [-0.4, -0.2) is 0 Å². The smallest absolute Gasteiger partial charge is 0.159 e. The second-order valence-electron chi connectivity index (χ2n) is 14.2. The molecule has 1 aliphatic carbocycles. The van der Waals surface area contributed by atoms with Crippen LogP contribution in [0.15, 0.2) is 179 Å². The van der Waals surface area contributed by atoms with Gasteiger partial charge in [-0.15, -0.1) is 0 Å². The summed E-state index contributed by atoms with van der Waals surface area (Å²) in [4.78, 5) is 2.40. The fourth-order valence-electron chi connectivity index (χ4n) is 8.39. The van der Waals surface area contributed by atoms with E-state index in [1.165, 1.54) is 44.2 Å². The molecule has 0 spiro atoms. The van der Waals surface area contributed by atoms with Gasteiger partial charge in [0.05, 0.1) is 11.4 Å². The minimum Gasteiger partial charge on any atom is -0.453 e. The van der Waals surface area contributed by atoms with Crippen molar-refractivity contribution in [2.24, 2.45) is 0 Å². The number of fused-ring (bicyclic) bond motifs is 7. The van der Waals surface area contributed by atoms with Gasteiger partial charge in [-0.3, -0.25) is 0 Å². The lowest BCUT2D eigenvalue weighted by molar-refractivity contribution is 0.660. The Kier molecular flexibility index (Phi) is 7.03. The molecule has 2 nitrogen and oxygen atoms in total. The third-order valence-corrected chi connectivity index (χ3v) is 11.6. The van der Waals surface area contributed by atoms with Crippen molar-refractivity contribution in [3.05, 3.63) is 185 Å². The highest BCUT2D eigenvalue weighted by molar-refractivity contribution is 9.10. The number of rotatable bonds is 5. The Morgan fingerprint density at radius 2 is 1.19 bits per heavy atom. The topological polar surface area (TPSA) is 16.4 Å². The summed E-state index contributed by atoms with van der Waals surface area (Å²) in [5, 5.41) is 4.50. The van der Waals surface area contributed by atoms with Crippen molar-refractivity contribution in [1.29, 1.82) is 0 Å². The fourth-order valence-corrected chi connectivity index (χ4v) is 8.92. The zero-order valence-electron chi connectivity index (χ0n) is 28.9. The van der Waals surface area contributed by atoms with E-state index >= 15 is 0 Å². The van der Waals surface area contributed by atoms with Crippen molar-refractivity contribution >= 4 is 65.7 Å². The monoisotopic (exact) mass is 731 g/mol. The lowest BCUT2D eigenvalue weighted by Gasteiger charge is -2.28. The first-order valence-electron chi connectivity index (χ1n) is 17.8. The van der Waals surface area contributed by atoms with Gasteiger partial charge in [0.1, 0.15) is 5.58 Å². The van der Waals surface area contributed by atoms with Crippen molar-refractivity contribution in [1.82, 2.24) is 0 Å². The fraction of sp³-hybridized carbons (Fsp3) is 0.0612. The molecule has 8 aromatic carbocycles. The van der Waals surface area contributed by atoms with Crippen LogP contribution in [0.4, 0.5) is 17.1 Å². The van der Waals surface area contributed by atoms with E-state index in [0.717, 1.165) is 54.6 Å². The van der Waals surface area contributed by atoms with Crippen LogP contribution in [0.25, 0.3) is 66.1 Å². The SMILES string of the molecule is CC1(C)c2ccccc2-c2cc(N(c3cccc4cc(-c5ccccc5)ccc34)c3cccc4c3oc3c(-c5ccccc5)ccc(Br)c34)ccc21. The number of para-hydroxylation sites is 1. The molecule has 10 rings (SSSR count). The van der Waals surface area contributed by atoms with Gasteiger partial charge in [0.2, 0.25) is 0 Å². The van der Waals surface area contributed by atoms with Gasteiger partial charge in [-0.2, -0.15) is 0 Å². The highest BCUT2D eigenvalue weighted by atomic mass is 79.9. The van der Waals surface area contributed by atoms with Gasteiger partial charge in [-0.05, 0) is 86.8 Å². The van der Waals surface area contributed by atoms with Gasteiger partial charge >= 0.3 is 0 Å². The molecule has 9 aromatic rings. The molecule has 52 heavy (non-hydrogen) atoms. The number of furan rings is 1. The van der Waals surface area contributed by atoms with Gasteiger partial charge in [-0.1, -0.05) is 157 Å². The quantitative estimate of drug-likeness (QED) is 0.175. The minimum atomic E-state index is -0.0819. The molecule has 1 aliphatic rings. The second kappa shape index (κ2) is 11.8. The van der Waals surface area contributed by atoms with Gasteiger partial charge in [0, 0.05) is 37.3 Å². The molecule has 0 saturated carbocycles. The molecule has 248 valence electrons. The average molecular weight is 733 g/mol. The molecule has 3 heteroatoms. The van der Waals surface area contributed by atoms with E-state index in [4.69, 9.17) is 4.42 Å². The lowest BCUT2D eigenvalue weighted by Crippen LogP contribution is -2.15. The number of hydrogen-bond donors (Lipinski definition) is 0. The van der Waals surface area contributed by atoms with Crippen molar-refractivity contribution < 1.29 is 4.42 Å². The van der Waals surface area contributed by atoms with Crippen LogP contribution in [0.5, 0.6) is 0 Å². The predicted molar refractivity (Wildman–Crippen MR) is 222 cm³/mol. The third kappa shape index (κ3) is 4.69. The molecule has 1 aromatic heterocycles. The summed E-state index contributed by atoms with van der Waals surface area (Å²) in [7, 11) is 0. The molecule has 0 amide bonds. The number of halogens is 1. The van der Waals surface area contributed by atoms with Crippen LogP contribution >= 0.6 is 15.9 Å². The van der Waals surface area contributed by atoms with Crippen LogP contribution in [0, 0.1) is 0 Å². The van der Waals surface area contributed by atoms with E-state index in [2.05, 4.69) is 205 Å². The van der Waals surface area contributed by atoms with Crippen LogP contribution in [0.1, 0.15) is 25.0 Å². The van der Waals surface area contributed by atoms with Gasteiger partial charge in [0.25, 0.3) is 0 Å². The average Bonchev–Trinajstić information content (AvgIpc) is 3.69. The number of anilines is 3. The molecule has 0 saturated heterocycles. The zero-order chi connectivity index (χ0) is 35.0. The molecule has 0 unspecified atom stereocenters. The van der Waals surface area contributed by atoms with E-state index in [1.54, 1.807) is 0 Å². The van der Waals surface area contributed by atoms with E-state index in [1.807, 2.05) is 0 Å². The Bertz CT molecular complexity index is 2830. The molecule has 0 atom stereocenters. The van der Waals surface area contributed by atoms with Crippen molar-refractivity contribution in [2.75, 3.05) is 4.90 Å². The third-order valence-electron chi connectivity index (χ3n) is 10.9. The van der Waals surface area contributed by atoms with Crippen LogP contribution in [0.2, 0.25) is 0 Å². The molecule has 1 heterocycles. The van der Waals surface area contributed by atoms with Gasteiger partial charge < -0.3 is 9.32 Å². The maximum absolute atomic E-state index is 7.07. The molecular formula is C49H34BrNO. The molecule has 0 N–H and O–H groups in total. The second-order valence-corrected chi connectivity index (χ2v) is 15.1. The largest absolute Gasteiger partial charge is 0.453 e. The Hall–Kier alpha value is -5.90. The van der Waals surface area contributed by atoms with E-state index < -0.39 is 0 Å². The van der Waals surface area contributed by atoms with Crippen molar-refractivity contribution in [3.63, 3.8) is 0 Å². The summed E-state index contributed by atoms with van der Waals surface area (Å²) >= 11 is 3.90. The summed E-state index contributed by atoms with van der Waals surface area (Å²) in [5.74, 6) is 0. The molecule has 0 aliphatic heterocycles. The minimum absolute atomic E-state index is 0.0819. The molecule has 0 bridgehead atoms. The summed E-state index contributed by atoms with van der Waals surface area (Å²) in [6.07, 6.45) is 0.